The molecule has 27 heavy (non-hydrogen) atoms. The number of hydrogen-bond donors (Lipinski definition) is 0. The SMILES string of the molecule is CCOC(=O)c1cc(F)ccc1Sc1ccnc2cc(OC)c(OC)cc12. The number of fused-ring (bicyclic) bond motifs is 1. The lowest BCUT2D eigenvalue weighted by Crippen LogP contribution is -2.06. The lowest BCUT2D eigenvalue weighted by atomic mass is 10.2. The number of hydrogen-bond acceptors (Lipinski definition) is 6. The number of esters is 1. The molecule has 0 aliphatic heterocycles. The van der Waals surface area contributed by atoms with Crippen molar-refractivity contribution in [3.63, 3.8) is 0 Å². The second kappa shape index (κ2) is 8.26. The highest BCUT2D eigenvalue weighted by Gasteiger charge is 2.17. The molecule has 1 heterocycles. The average molecular weight is 387 g/mol. The van der Waals surface area contributed by atoms with E-state index < -0.39 is 11.8 Å². The van der Waals surface area contributed by atoms with Gasteiger partial charge in [0.2, 0.25) is 0 Å². The Bertz CT molecular complexity index is 993. The van der Waals surface area contributed by atoms with E-state index in [4.69, 9.17) is 14.2 Å². The molecule has 0 saturated heterocycles. The molecule has 0 atom stereocenters. The van der Waals surface area contributed by atoms with Crippen molar-refractivity contribution in [3.05, 3.63) is 54.0 Å². The first-order valence-corrected chi connectivity index (χ1v) is 9.04. The molecule has 0 aliphatic rings. The van der Waals surface area contributed by atoms with E-state index in [1.807, 2.05) is 12.1 Å². The number of methoxy groups -OCH3 is 2. The number of ether oxygens (including phenoxy) is 3. The zero-order valence-electron chi connectivity index (χ0n) is 15.1. The molecule has 0 N–H and O–H groups in total. The van der Waals surface area contributed by atoms with Gasteiger partial charge in [0.05, 0.1) is 31.9 Å². The molecule has 0 saturated carbocycles. The lowest BCUT2D eigenvalue weighted by molar-refractivity contribution is 0.0521. The molecular formula is C20H18FNO4S. The van der Waals surface area contributed by atoms with E-state index >= 15 is 0 Å². The van der Waals surface area contributed by atoms with Crippen molar-refractivity contribution in [3.8, 4) is 11.5 Å². The summed E-state index contributed by atoms with van der Waals surface area (Å²) < 4.78 is 29.4. The van der Waals surface area contributed by atoms with Gasteiger partial charge in [0.25, 0.3) is 0 Å². The normalized spacial score (nSPS) is 10.7. The van der Waals surface area contributed by atoms with Crippen LogP contribution in [0.5, 0.6) is 11.5 Å². The van der Waals surface area contributed by atoms with Crippen molar-refractivity contribution in [1.82, 2.24) is 4.98 Å². The first kappa shape index (κ1) is 19.0. The minimum absolute atomic E-state index is 0.187. The second-order valence-corrected chi connectivity index (χ2v) is 6.58. The fourth-order valence-electron chi connectivity index (χ4n) is 2.61. The Kier molecular flexibility index (Phi) is 5.81. The van der Waals surface area contributed by atoms with Crippen molar-refractivity contribution < 1.29 is 23.4 Å². The van der Waals surface area contributed by atoms with Crippen molar-refractivity contribution >= 4 is 28.6 Å². The first-order valence-electron chi connectivity index (χ1n) is 8.22. The smallest absolute Gasteiger partial charge is 0.339 e. The number of nitrogens with zero attached hydrogens (tertiary/aromatic N) is 1. The zero-order chi connectivity index (χ0) is 19.4. The molecule has 0 amide bonds. The Morgan fingerprint density at radius 2 is 1.81 bits per heavy atom. The number of aromatic nitrogens is 1. The molecular weight excluding hydrogens is 369 g/mol. The van der Waals surface area contributed by atoms with Crippen LogP contribution in [-0.2, 0) is 4.74 Å². The van der Waals surface area contributed by atoms with Crippen molar-refractivity contribution in [2.45, 2.75) is 16.7 Å². The maximum atomic E-state index is 13.7. The Morgan fingerprint density at radius 3 is 2.52 bits per heavy atom. The molecule has 2 aromatic carbocycles. The summed E-state index contributed by atoms with van der Waals surface area (Å²) in [5, 5.41) is 0.833. The van der Waals surface area contributed by atoms with Crippen LogP contribution in [-0.4, -0.2) is 31.8 Å². The predicted molar refractivity (Wildman–Crippen MR) is 101 cm³/mol. The number of pyridine rings is 1. The van der Waals surface area contributed by atoms with Crippen LogP contribution >= 0.6 is 11.8 Å². The Balaban J connectivity index is 2.08. The molecule has 0 aliphatic carbocycles. The molecule has 0 spiro atoms. The summed E-state index contributed by atoms with van der Waals surface area (Å²) >= 11 is 1.34. The van der Waals surface area contributed by atoms with E-state index in [2.05, 4.69) is 4.98 Å². The third-order valence-corrected chi connectivity index (χ3v) is 5.02. The van der Waals surface area contributed by atoms with Crippen molar-refractivity contribution in [1.29, 1.82) is 0 Å². The van der Waals surface area contributed by atoms with Crippen LogP contribution in [0, 0.1) is 5.82 Å². The lowest BCUT2D eigenvalue weighted by Gasteiger charge is -2.13. The van der Waals surface area contributed by atoms with Gasteiger partial charge in [-0.25, -0.2) is 9.18 Å². The van der Waals surface area contributed by atoms with Crippen molar-refractivity contribution in [2.75, 3.05) is 20.8 Å². The van der Waals surface area contributed by atoms with Gasteiger partial charge in [0, 0.05) is 27.4 Å². The van der Waals surface area contributed by atoms with Gasteiger partial charge >= 0.3 is 5.97 Å². The maximum Gasteiger partial charge on any atom is 0.339 e. The Hall–Kier alpha value is -2.80. The minimum atomic E-state index is -0.558. The van der Waals surface area contributed by atoms with E-state index in [1.54, 1.807) is 39.5 Å². The molecule has 0 unspecified atom stereocenters. The van der Waals surface area contributed by atoms with Crippen LogP contribution in [0.3, 0.4) is 0 Å². The van der Waals surface area contributed by atoms with E-state index in [1.165, 1.54) is 23.9 Å². The van der Waals surface area contributed by atoms with Gasteiger partial charge in [-0.3, -0.25) is 4.98 Å². The van der Waals surface area contributed by atoms with E-state index in [0.717, 1.165) is 15.8 Å². The van der Waals surface area contributed by atoms with Gasteiger partial charge in [-0.1, -0.05) is 11.8 Å². The first-order chi connectivity index (χ1) is 13.1. The summed E-state index contributed by atoms with van der Waals surface area (Å²) in [5.41, 5.74) is 0.907. The third kappa shape index (κ3) is 3.98. The summed E-state index contributed by atoms with van der Waals surface area (Å²) in [7, 11) is 3.12. The summed E-state index contributed by atoms with van der Waals surface area (Å²) in [4.78, 5) is 18.0. The molecule has 3 rings (SSSR count). The maximum absolute atomic E-state index is 13.7. The molecule has 7 heteroatoms. The third-order valence-electron chi connectivity index (χ3n) is 3.86. The quantitative estimate of drug-likeness (QED) is 0.571. The number of carbonyl (C=O) groups excluding carboxylic acids is 1. The molecule has 0 fully saturated rings. The fourth-order valence-corrected chi connectivity index (χ4v) is 3.64. The molecule has 0 radical (unpaired) electrons. The van der Waals surface area contributed by atoms with Gasteiger partial charge in [-0.05, 0) is 37.3 Å². The van der Waals surface area contributed by atoms with E-state index in [-0.39, 0.29) is 12.2 Å². The van der Waals surface area contributed by atoms with Crippen LogP contribution in [0.15, 0.2) is 52.4 Å². The summed E-state index contributed by atoms with van der Waals surface area (Å²) in [6.07, 6.45) is 1.67. The number of carbonyl (C=O) groups is 1. The second-order valence-electron chi connectivity index (χ2n) is 5.50. The monoisotopic (exact) mass is 387 g/mol. The Morgan fingerprint density at radius 1 is 1.07 bits per heavy atom. The predicted octanol–water partition coefficient (Wildman–Crippen LogP) is 4.72. The van der Waals surface area contributed by atoms with Crippen LogP contribution in [0.1, 0.15) is 17.3 Å². The number of benzene rings is 2. The minimum Gasteiger partial charge on any atom is -0.493 e. The molecule has 3 aromatic rings. The van der Waals surface area contributed by atoms with Gasteiger partial charge in [0.15, 0.2) is 11.5 Å². The highest BCUT2D eigenvalue weighted by Crippen LogP contribution is 2.39. The van der Waals surface area contributed by atoms with E-state index in [9.17, 15) is 9.18 Å². The molecule has 140 valence electrons. The molecule has 0 bridgehead atoms. The van der Waals surface area contributed by atoms with Gasteiger partial charge in [-0.2, -0.15) is 0 Å². The zero-order valence-corrected chi connectivity index (χ0v) is 15.9. The van der Waals surface area contributed by atoms with Gasteiger partial charge < -0.3 is 14.2 Å². The van der Waals surface area contributed by atoms with Crippen molar-refractivity contribution in [2.24, 2.45) is 0 Å². The standard InChI is InChI=1S/C20H18FNO4S/c1-4-26-20(23)14-9-12(21)5-6-18(14)27-19-7-8-22-15-11-17(25-3)16(24-2)10-13(15)19/h5-11H,4H2,1-3H3. The topological polar surface area (TPSA) is 57.7 Å². The summed E-state index contributed by atoms with van der Waals surface area (Å²) in [6.45, 7) is 1.93. The largest absolute Gasteiger partial charge is 0.493 e. The van der Waals surface area contributed by atoms with Crippen LogP contribution in [0.4, 0.5) is 4.39 Å². The summed E-state index contributed by atoms with van der Waals surface area (Å²) in [6, 6.07) is 9.52. The van der Waals surface area contributed by atoms with Gasteiger partial charge in [0.1, 0.15) is 5.82 Å². The van der Waals surface area contributed by atoms with Crippen LogP contribution in [0.25, 0.3) is 10.9 Å². The summed E-state index contributed by atoms with van der Waals surface area (Å²) in [5.74, 6) is 0.101. The van der Waals surface area contributed by atoms with Crippen LogP contribution < -0.4 is 9.47 Å². The highest BCUT2D eigenvalue weighted by molar-refractivity contribution is 7.99. The fraction of sp³-hybridized carbons (Fsp3) is 0.200. The average Bonchev–Trinajstić information content (AvgIpc) is 2.68. The Labute approximate surface area is 160 Å². The molecule has 5 nitrogen and oxygen atoms in total. The number of rotatable bonds is 6. The van der Waals surface area contributed by atoms with E-state index in [0.29, 0.717) is 16.4 Å². The van der Waals surface area contributed by atoms with Gasteiger partial charge in [-0.15, -0.1) is 0 Å². The number of halogens is 1. The molecule has 1 aromatic heterocycles. The highest BCUT2D eigenvalue weighted by atomic mass is 32.2. The van der Waals surface area contributed by atoms with Crippen LogP contribution in [0.2, 0.25) is 0 Å².